The van der Waals surface area contributed by atoms with Gasteiger partial charge in [-0.15, -0.1) is 0 Å². The van der Waals surface area contributed by atoms with Crippen LogP contribution in [0, 0.1) is 5.92 Å². The topological polar surface area (TPSA) is 38.1 Å². The van der Waals surface area contributed by atoms with Gasteiger partial charge in [0.25, 0.3) is 5.91 Å². The molecule has 0 spiro atoms. The average molecular weight is 366 g/mol. The number of carbonyl (C=O) groups is 1. The number of amides is 1. The third-order valence-electron chi connectivity index (χ3n) is 4.58. The third kappa shape index (κ3) is 3.93. The first-order valence-electron chi connectivity index (χ1n) is 8.32. The molecular formula is C18H21Cl2N3O. The Labute approximate surface area is 152 Å². The van der Waals surface area contributed by atoms with Crippen molar-refractivity contribution in [3.8, 4) is 0 Å². The second kappa shape index (κ2) is 7.58. The van der Waals surface area contributed by atoms with Gasteiger partial charge in [-0.25, -0.2) is 4.98 Å². The van der Waals surface area contributed by atoms with E-state index in [0.29, 0.717) is 21.5 Å². The van der Waals surface area contributed by atoms with Crippen molar-refractivity contribution in [1.82, 2.24) is 14.5 Å². The zero-order valence-corrected chi connectivity index (χ0v) is 15.2. The Hall–Kier alpha value is -1.52. The fraction of sp³-hybridized carbons (Fsp3) is 0.444. The Morgan fingerprint density at radius 1 is 1.21 bits per heavy atom. The van der Waals surface area contributed by atoms with Crippen molar-refractivity contribution in [2.75, 3.05) is 13.1 Å². The summed E-state index contributed by atoms with van der Waals surface area (Å²) < 4.78 is 2.24. The van der Waals surface area contributed by atoms with Crippen molar-refractivity contribution < 1.29 is 4.79 Å². The average Bonchev–Trinajstić information content (AvgIpc) is 3.01. The van der Waals surface area contributed by atoms with Gasteiger partial charge in [0.05, 0.1) is 0 Å². The monoisotopic (exact) mass is 365 g/mol. The molecule has 3 rings (SSSR count). The van der Waals surface area contributed by atoms with E-state index in [1.165, 1.54) is 0 Å². The van der Waals surface area contributed by atoms with E-state index in [0.717, 1.165) is 44.7 Å². The first-order valence-corrected chi connectivity index (χ1v) is 9.07. The summed E-state index contributed by atoms with van der Waals surface area (Å²) in [5.41, 5.74) is 0.564. The minimum atomic E-state index is 0.00901. The zero-order valence-electron chi connectivity index (χ0n) is 13.7. The number of aromatic nitrogens is 2. The molecule has 0 aliphatic carbocycles. The van der Waals surface area contributed by atoms with Crippen LogP contribution in [-0.2, 0) is 13.0 Å². The lowest BCUT2D eigenvalue weighted by Gasteiger charge is -2.32. The highest BCUT2D eigenvalue weighted by molar-refractivity contribution is 6.35. The molecule has 1 aliphatic heterocycles. The summed E-state index contributed by atoms with van der Waals surface area (Å²) in [6.07, 6.45) is 6.85. The highest BCUT2D eigenvalue weighted by Crippen LogP contribution is 2.24. The van der Waals surface area contributed by atoms with Crippen LogP contribution in [0.25, 0.3) is 0 Å². The van der Waals surface area contributed by atoms with Crippen LogP contribution in [-0.4, -0.2) is 33.4 Å². The number of likely N-dealkylation sites (tertiary alicyclic amines) is 1. The maximum absolute atomic E-state index is 12.6. The number of rotatable bonds is 4. The van der Waals surface area contributed by atoms with E-state index in [9.17, 15) is 4.79 Å². The van der Waals surface area contributed by atoms with Crippen molar-refractivity contribution in [2.45, 2.75) is 32.7 Å². The molecule has 2 aromatic rings. The molecule has 4 nitrogen and oxygen atoms in total. The van der Waals surface area contributed by atoms with Crippen molar-refractivity contribution >= 4 is 29.1 Å². The Kier molecular flexibility index (Phi) is 5.47. The molecule has 1 amide bonds. The van der Waals surface area contributed by atoms with E-state index in [-0.39, 0.29) is 5.91 Å². The van der Waals surface area contributed by atoms with Gasteiger partial charge in [0.1, 0.15) is 5.82 Å². The van der Waals surface area contributed by atoms with Gasteiger partial charge in [-0.2, -0.15) is 0 Å². The van der Waals surface area contributed by atoms with Crippen molar-refractivity contribution in [2.24, 2.45) is 5.92 Å². The maximum atomic E-state index is 12.6. The summed E-state index contributed by atoms with van der Waals surface area (Å²) in [5.74, 6) is 1.72. The second-order valence-electron chi connectivity index (χ2n) is 6.24. The van der Waals surface area contributed by atoms with Gasteiger partial charge in [-0.05, 0) is 37.0 Å². The number of hydrogen-bond acceptors (Lipinski definition) is 2. The Morgan fingerprint density at radius 2 is 1.88 bits per heavy atom. The van der Waals surface area contributed by atoms with Crippen molar-refractivity contribution in [1.29, 1.82) is 0 Å². The van der Waals surface area contributed by atoms with Crippen LogP contribution >= 0.6 is 23.2 Å². The van der Waals surface area contributed by atoms with Crippen LogP contribution in [0.15, 0.2) is 30.6 Å². The molecular weight excluding hydrogens is 345 g/mol. The highest BCUT2D eigenvalue weighted by Gasteiger charge is 2.24. The van der Waals surface area contributed by atoms with Gasteiger partial charge in [0.2, 0.25) is 0 Å². The lowest BCUT2D eigenvalue weighted by molar-refractivity contribution is 0.0682. The number of hydrogen-bond donors (Lipinski definition) is 0. The number of carbonyl (C=O) groups excluding carboxylic acids is 1. The number of aryl methyl sites for hydroxylation is 1. The molecule has 1 aliphatic rings. The molecule has 1 saturated heterocycles. The molecule has 0 unspecified atom stereocenters. The van der Waals surface area contributed by atoms with E-state index >= 15 is 0 Å². The summed E-state index contributed by atoms with van der Waals surface area (Å²) >= 11 is 12.0. The minimum Gasteiger partial charge on any atom is -0.339 e. The number of halogens is 2. The molecule has 1 fully saturated rings. The summed E-state index contributed by atoms with van der Waals surface area (Å²) in [6, 6.07) is 5.00. The number of piperidine rings is 1. The van der Waals surface area contributed by atoms with Crippen LogP contribution in [0.5, 0.6) is 0 Å². The lowest BCUT2D eigenvalue weighted by atomic mass is 9.96. The van der Waals surface area contributed by atoms with Crippen LogP contribution in [0.3, 0.4) is 0 Å². The van der Waals surface area contributed by atoms with Crippen molar-refractivity contribution in [3.63, 3.8) is 0 Å². The molecule has 0 N–H and O–H groups in total. The molecule has 128 valence electrons. The SMILES string of the molecule is CCc1nccn1CC1CCN(C(=O)c2cc(Cl)cc(Cl)c2)CC1. The van der Waals surface area contributed by atoms with Gasteiger partial charge >= 0.3 is 0 Å². The van der Waals surface area contributed by atoms with Gasteiger partial charge in [-0.1, -0.05) is 30.1 Å². The van der Waals surface area contributed by atoms with E-state index in [1.807, 2.05) is 17.3 Å². The van der Waals surface area contributed by atoms with Gasteiger partial charge in [0.15, 0.2) is 0 Å². The standard InChI is InChI=1S/C18H21Cl2N3O/c1-2-17-21-5-8-23(17)12-13-3-6-22(7-4-13)18(24)14-9-15(19)11-16(20)10-14/h5,8-11,13H,2-4,6-7,12H2,1H3. The van der Waals surface area contributed by atoms with Crippen LogP contribution in [0.1, 0.15) is 35.9 Å². The molecule has 0 atom stereocenters. The first kappa shape index (κ1) is 17.3. The Morgan fingerprint density at radius 3 is 2.50 bits per heavy atom. The predicted molar refractivity (Wildman–Crippen MR) is 96.7 cm³/mol. The summed E-state index contributed by atoms with van der Waals surface area (Å²) in [6.45, 7) is 4.64. The van der Waals surface area contributed by atoms with E-state index < -0.39 is 0 Å². The first-order chi connectivity index (χ1) is 11.6. The molecule has 0 bridgehead atoms. The van der Waals surface area contributed by atoms with Crippen LogP contribution < -0.4 is 0 Å². The number of nitrogens with zero attached hydrogens (tertiary/aromatic N) is 3. The smallest absolute Gasteiger partial charge is 0.253 e. The molecule has 0 radical (unpaired) electrons. The zero-order chi connectivity index (χ0) is 17.1. The lowest BCUT2D eigenvalue weighted by Crippen LogP contribution is -2.39. The Balaban J connectivity index is 1.59. The largest absolute Gasteiger partial charge is 0.339 e. The molecule has 1 aromatic carbocycles. The minimum absolute atomic E-state index is 0.00901. The summed E-state index contributed by atoms with van der Waals surface area (Å²) in [5, 5.41) is 0.987. The van der Waals surface area contributed by atoms with Gasteiger partial charge in [-0.3, -0.25) is 4.79 Å². The van der Waals surface area contributed by atoms with E-state index in [1.54, 1.807) is 18.2 Å². The van der Waals surface area contributed by atoms with Gasteiger partial charge in [0, 0.05) is 54.1 Å². The highest BCUT2D eigenvalue weighted by atomic mass is 35.5. The summed E-state index contributed by atoms with van der Waals surface area (Å²) in [4.78, 5) is 18.9. The van der Waals surface area contributed by atoms with E-state index in [2.05, 4.69) is 16.5 Å². The van der Waals surface area contributed by atoms with E-state index in [4.69, 9.17) is 23.2 Å². The quantitative estimate of drug-likeness (QED) is 0.809. The molecule has 24 heavy (non-hydrogen) atoms. The molecule has 1 aromatic heterocycles. The normalized spacial score (nSPS) is 15.7. The van der Waals surface area contributed by atoms with Crippen molar-refractivity contribution in [3.05, 3.63) is 52.0 Å². The molecule has 2 heterocycles. The van der Waals surface area contributed by atoms with Crippen LogP contribution in [0.4, 0.5) is 0 Å². The predicted octanol–water partition coefficient (Wildman–Crippen LogP) is 4.30. The van der Waals surface area contributed by atoms with Crippen LogP contribution in [0.2, 0.25) is 10.0 Å². The second-order valence-corrected chi connectivity index (χ2v) is 7.12. The Bertz CT molecular complexity index is 701. The molecule has 6 heteroatoms. The van der Waals surface area contributed by atoms with Gasteiger partial charge < -0.3 is 9.47 Å². The molecule has 0 saturated carbocycles. The third-order valence-corrected chi connectivity index (χ3v) is 5.02. The fourth-order valence-electron chi connectivity index (χ4n) is 3.28. The number of imidazole rings is 1. The maximum Gasteiger partial charge on any atom is 0.253 e. The number of benzene rings is 1. The fourth-order valence-corrected chi connectivity index (χ4v) is 3.80. The summed E-state index contributed by atoms with van der Waals surface area (Å²) in [7, 11) is 0.